The number of aliphatic hydroxyl groups excluding tert-OH is 1. The Morgan fingerprint density at radius 2 is 1.42 bits per heavy atom. The van der Waals surface area contributed by atoms with E-state index < -0.39 is 87.6 Å². The van der Waals surface area contributed by atoms with Crippen LogP contribution in [0.2, 0.25) is 0 Å². The Kier molecular flexibility index (Phi) is 11.7. The number of hydrogen-bond donors (Lipinski definition) is 7. The summed E-state index contributed by atoms with van der Waals surface area (Å²) in [6.45, 7) is 13.4. The number of benzene rings is 1. The minimum atomic E-state index is -2.50. The van der Waals surface area contributed by atoms with Gasteiger partial charge in [-0.25, -0.2) is 10.1 Å². The van der Waals surface area contributed by atoms with Crippen molar-refractivity contribution in [3.05, 3.63) is 35.9 Å². The highest BCUT2D eigenvalue weighted by molar-refractivity contribution is 7.89. The Hall–Kier alpha value is -1.97. The van der Waals surface area contributed by atoms with E-state index in [4.69, 9.17) is 28.4 Å². The van der Waals surface area contributed by atoms with Gasteiger partial charge in [0.15, 0.2) is 23.7 Å². The highest BCUT2D eigenvalue weighted by Crippen LogP contribution is 2.62. The molecule has 2 aliphatic rings. The minimum Gasteiger partial charge on any atom is -0.479 e. The van der Waals surface area contributed by atoms with Crippen molar-refractivity contribution >= 4 is 24.2 Å². The van der Waals surface area contributed by atoms with Crippen LogP contribution in [0, 0.1) is 5.41 Å². The molecule has 1 aromatic rings. The summed E-state index contributed by atoms with van der Waals surface area (Å²) in [5.41, 5.74) is -17.5. The van der Waals surface area contributed by atoms with Gasteiger partial charge >= 0.3 is 5.97 Å². The van der Waals surface area contributed by atoms with E-state index >= 15 is 0 Å². The van der Waals surface area contributed by atoms with Crippen LogP contribution in [-0.4, -0.2) is 113 Å². The molecule has 2 fully saturated rings. The first-order valence-corrected chi connectivity index (χ1v) is 16.6. The molecule has 16 nitrogen and oxygen atoms in total. The SMILES string of the molecule is CC(=O)N[C@]1(C)C(C)(OCc2ccccc2)OC(C)(CO)[C@@](C)(OSOOO)[C@@]1(C)COCC1(C)OC(C)(C(=O)O)[C@@](C)(O)[C@@](C)(O)[C@]1(C)O. The summed E-state index contributed by atoms with van der Waals surface area (Å²) in [6.07, 6.45) is 0. The van der Waals surface area contributed by atoms with Crippen molar-refractivity contribution in [1.82, 2.24) is 5.32 Å². The monoisotopic (exact) mass is 735 g/mol. The molecule has 1 aromatic carbocycles. The van der Waals surface area contributed by atoms with Crippen molar-refractivity contribution in [2.75, 3.05) is 19.8 Å². The maximum atomic E-state index is 13.0. The molecular formula is C33H53NO15S. The number of carboxylic acid groups (broad SMARTS) is 1. The Bertz CT molecular complexity index is 1400. The molecule has 0 aromatic heterocycles. The lowest BCUT2D eigenvalue weighted by Gasteiger charge is -2.69. The predicted octanol–water partition coefficient (Wildman–Crippen LogP) is 2.26. The summed E-state index contributed by atoms with van der Waals surface area (Å²) in [4.78, 5) is 25.5. The number of ether oxygens (including phenoxy) is 4. The van der Waals surface area contributed by atoms with Gasteiger partial charge in [-0.3, -0.25) is 8.98 Å². The van der Waals surface area contributed by atoms with Crippen molar-refractivity contribution in [2.45, 2.75) is 133 Å². The minimum absolute atomic E-state index is 0.0102. The van der Waals surface area contributed by atoms with Crippen molar-refractivity contribution in [3.8, 4) is 0 Å². The molecule has 7 N–H and O–H groups in total. The van der Waals surface area contributed by atoms with Crippen LogP contribution in [-0.2, 0) is 48.7 Å². The number of amides is 1. The molecule has 0 aliphatic carbocycles. The lowest BCUT2D eigenvalue weighted by molar-refractivity contribution is -0.441. The van der Waals surface area contributed by atoms with Gasteiger partial charge in [0.05, 0.1) is 31.8 Å². The molecule has 2 heterocycles. The van der Waals surface area contributed by atoms with Crippen LogP contribution in [0.5, 0.6) is 0 Å². The van der Waals surface area contributed by atoms with Crippen LogP contribution >= 0.6 is 12.3 Å². The molecule has 0 saturated carbocycles. The van der Waals surface area contributed by atoms with Crippen LogP contribution in [0.1, 0.15) is 81.7 Å². The summed E-state index contributed by atoms with van der Waals surface area (Å²) in [7, 11) is 0. The van der Waals surface area contributed by atoms with Gasteiger partial charge in [0.2, 0.25) is 5.91 Å². The lowest BCUT2D eigenvalue weighted by atomic mass is 9.52. The topological polar surface area (TPSA) is 232 Å². The second kappa shape index (κ2) is 13.8. The summed E-state index contributed by atoms with van der Waals surface area (Å²) < 4.78 is 36.1. The molecule has 0 bridgehead atoms. The molecule has 286 valence electrons. The Balaban J connectivity index is 2.20. The van der Waals surface area contributed by atoms with Crippen LogP contribution in [0.15, 0.2) is 30.3 Å². The van der Waals surface area contributed by atoms with E-state index in [9.17, 15) is 35.1 Å². The first-order chi connectivity index (χ1) is 22.7. The van der Waals surface area contributed by atoms with Gasteiger partial charge in [-0.05, 0) is 67.9 Å². The van der Waals surface area contributed by atoms with E-state index in [1.807, 2.05) is 30.3 Å². The third-order valence-electron chi connectivity index (χ3n) is 12.3. The number of carbonyl (C=O) groups excluding carboxylic acids is 1. The largest absolute Gasteiger partial charge is 0.479 e. The third kappa shape index (κ3) is 6.07. The predicted molar refractivity (Wildman–Crippen MR) is 177 cm³/mol. The summed E-state index contributed by atoms with van der Waals surface area (Å²) >= 11 is 0.208. The van der Waals surface area contributed by atoms with E-state index in [2.05, 4.69) is 14.7 Å². The zero-order valence-corrected chi connectivity index (χ0v) is 31.3. The summed E-state index contributed by atoms with van der Waals surface area (Å²) in [5, 5.41) is 71.4. The number of rotatable bonds is 14. The Labute approximate surface area is 296 Å². The molecule has 17 heteroatoms. The molecule has 3 rings (SSSR count). The third-order valence-corrected chi connectivity index (χ3v) is 12.8. The van der Waals surface area contributed by atoms with E-state index in [1.165, 1.54) is 27.7 Å². The quantitative estimate of drug-likeness (QED) is 0.0629. The van der Waals surface area contributed by atoms with Crippen LogP contribution in [0.25, 0.3) is 0 Å². The Morgan fingerprint density at radius 3 is 1.92 bits per heavy atom. The summed E-state index contributed by atoms with van der Waals surface area (Å²) in [6, 6.07) is 9.16. The zero-order valence-electron chi connectivity index (χ0n) is 30.5. The fourth-order valence-corrected chi connectivity index (χ4v) is 8.03. The fourth-order valence-electron chi connectivity index (χ4n) is 7.48. The second-order valence-electron chi connectivity index (χ2n) is 15.1. The molecule has 4 unspecified atom stereocenters. The maximum Gasteiger partial charge on any atom is 0.338 e. The molecule has 0 radical (unpaired) electrons. The van der Waals surface area contributed by atoms with Crippen LogP contribution in [0.4, 0.5) is 0 Å². The first kappa shape index (κ1) is 42.4. The fraction of sp³-hybridized carbons (Fsp3) is 0.758. The number of nitrogens with one attached hydrogen (secondary N) is 1. The first-order valence-electron chi connectivity index (χ1n) is 16.0. The molecule has 2 saturated heterocycles. The van der Waals surface area contributed by atoms with Gasteiger partial charge < -0.3 is 49.8 Å². The van der Waals surface area contributed by atoms with E-state index in [0.29, 0.717) is 0 Å². The van der Waals surface area contributed by atoms with Gasteiger partial charge in [0.25, 0.3) is 0 Å². The average Bonchev–Trinajstić information content (AvgIpc) is 3.02. The van der Waals surface area contributed by atoms with E-state index in [-0.39, 0.29) is 18.9 Å². The number of carbonyl (C=O) groups is 2. The van der Waals surface area contributed by atoms with Gasteiger partial charge in [0.1, 0.15) is 39.1 Å². The molecular weight excluding hydrogens is 682 g/mol. The highest BCUT2D eigenvalue weighted by atomic mass is 32.2. The van der Waals surface area contributed by atoms with Crippen molar-refractivity contribution in [2.24, 2.45) is 5.41 Å². The normalized spacial score (nSPS) is 44.9. The van der Waals surface area contributed by atoms with Crippen molar-refractivity contribution in [1.29, 1.82) is 0 Å². The van der Waals surface area contributed by atoms with Crippen molar-refractivity contribution in [3.63, 3.8) is 0 Å². The second-order valence-corrected chi connectivity index (χ2v) is 15.5. The molecule has 1 amide bonds. The average molecular weight is 736 g/mol. The van der Waals surface area contributed by atoms with Gasteiger partial charge in [0, 0.05) is 6.92 Å². The molecule has 10 atom stereocenters. The Morgan fingerprint density at radius 1 is 0.840 bits per heavy atom. The number of carboxylic acids is 1. The maximum absolute atomic E-state index is 13.0. The molecule has 0 spiro atoms. The standard InChI is InChI=1S/C33H53NO15S/c1-21(36)34-28(6)24(2,19-43-20-26(4)29(7,39)31(9,41)30(8,40)27(5,45-26)23(37)38)32(10,47-50-49-48-42)25(3,18-35)46-33(28,11)44-17-22-15-13-12-14-16-22/h12-16,35,39-42H,17-20H2,1-11H3,(H,34,36)(H,37,38)/t24-,25?,26?,27?,28-,29+,30+,31-,32-,33?/m0/s1. The van der Waals surface area contributed by atoms with Crippen molar-refractivity contribution < 1.29 is 72.9 Å². The molecule has 50 heavy (non-hydrogen) atoms. The van der Waals surface area contributed by atoms with Gasteiger partial charge in [-0.1, -0.05) is 42.3 Å². The lowest BCUT2D eigenvalue weighted by Crippen LogP contribution is -2.87. The molecule has 2 aliphatic heterocycles. The summed E-state index contributed by atoms with van der Waals surface area (Å²) in [5.74, 6) is -3.85. The van der Waals surface area contributed by atoms with Crippen LogP contribution < -0.4 is 5.32 Å². The number of hydrogen-bond acceptors (Lipinski definition) is 15. The van der Waals surface area contributed by atoms with Gasteiger partial charge in [-0.2, -0.15) is 0 Å². The smallest absolute Gasteiger partial charge is 0.338 e. The zero-order chi connectivity index (χ0) is 38.5. The number of aliphatic carboxylic acids is 1. The highest BCUT2D eigenvalue weighted by Gasteiger charge is 2.78. The van der Waals surface area contributed by atoms with Gasteiger partial charge in [-0.15, -0.1) is 4.33 Å². The number of aliphatic hydroxyl groups is 4. The van der Waals surface area contributed by atoms with Crippen LogP contribution in [0.3, 0.4) is 0 Å². The van der Waals surface area contributed by atoms with E-state index in [0.717, 1.165) is 26.3 Å². The van der Waals surface area contributed by atoms with E-state index in [1.54, 1.807) is 27.7 Å².